The van der Waals surface area contributed by atoms with E-state index >= 15 is 0 Å². The molecule has 0 aliphatic rings. The average molecular weight is 244 g/mol. The summed E-state index contributed by atoms with van der Waals surface area (Å²) in [6, 6.07) is 5.31. The van der Waals surface area contributed by atoms with Crippen LogP contribution in [0.2, 0.25) is 5.02 Å². The second-order valence-corrected chi connectivity index (χ2v) is 4.52. The molecule has 3 nitrogen and oxygen atoms in total. The Morgan fingerprint density at radius 1 is 1.44 bits per heavy atom. The van der Waals surface area contributed by atoms with Gasteiger partial charge >= 0.3 is 0 Å². The minimum Gasteiger partial charge on any atom is -0.506 e. The normalized spacial score (nSPS) is 12.8. The lowest BCUT2D eigenvalue weighted by atomic mass is 10.1. The molecule has 4 heteroatoms. The van der Waals surface area contributed by atoms with Crippen molar-refractivity contribution in [2.24, 2.45) is 5.92 Å². The standard InChI is InChI=1S/C12H18ClNO2/c1-8(2)11(7-16-3)14-9-4-5-12(15)10(13)6-9/h4-6,8,11,14-15H,7H2,1-3H3. The van der Waals surface area contributed by atoms with Crippen LogP contribution in [0.4, 0.5) is 5.69 Å². The van der Waals surface area contributed by atoms with E-state index in [0.717, 1.165) is 5.69 Å². The average Bonchev–Trinajstić information content (AvgIpc) is 2.22. The van der Waals surface area contributed by atoms with Crippen LogP contribution in [0.5, 0.6) is 5.75 Å². The van der Waals surface area contributed by atoms with E-state index in [2.05, 4.69) is 19.2 Å². The summed E-state index contributed by atoms with van der Waals surface area (Å²) in [4.78, 5) is 0. The van der Waals surface area contributed by atoms with Crippen LogP contribution in [-0.2, 0) is 4.74 Å². The minimum absolute atomic E-state index is 0.0973. The fourth-order valence-electron chi connectivity index (χ4n) is 1.39. The Kier molecular flexibility index (Phi) is 4.90. The first-order chi connectivity index (χ1) is 7.54. The van der Waals surface area contributed by atoms with Gasteiger partial charge in [0.2, 0.25) is 0 Å². The molecule has 1 atom stereocenters. The van der Waals surface area contributed by atoms with Gasteiger partial charge in [-0.15, -0.1) is 0 Å². The predicted molar refractivity (Wildman–Crippen MR) is 67.2 cm³/mol. The first kappa shape index (κ1) is 13.1. The van der Waals surface area contributed by atoms with E-state index in [1.54, 1.807) is 25.3 Å². The molecular formula is C12H18ClNO2. The third-order valence-electron chi connectivity index (χ3n) is 2.45. The molecule has 0 amide bonds. The van der Waals surface area contributed by atoms with Crippen LogP contribution in [0.15, 0.2) is 18.2 Å². The van der Waals surface area contributed by atoms with E-state index < -0.39 is 0 Å². The van der Waals surface area contributed by atoms with Gasteiger partial charge in [0.1, 0.15) is 5.75 Å². The SMILES string of the molecule is COCC(Nc1ccc(O)c(Cl)c1)C(C)C. The zero-order valence-electron chi connectivity index (χ0n) is 9.83. The highest BCUT2D eigenvalue weighted by Gasteiger charge is 2.13. The van der Waals surface area contributed by atoms with Crippen LogP contribution in [0, 0.1) is 5.92 Å². The fourth-order valence-corrected chi connectivity index (χ4v) is 1.57. The summed E-state index contributed by atoms with van der Waals surface area (Å²) < 4.78 is 5.15. The van der Waals surface area contributed by atoms with Crippen molar-refractivity contribution in [1.29, 1.82) is 0 Å². The first-order valence-electron chi connectivity index (χ1n) is 5.28. The number of nitrogens with one attached hydrogen (secondary N) is 1. The third-order valence-corrected chi connectivity index (χ3v) is 2.75. The van der Waals surface area contributed by atoms with Gasteiger partial charge in [-0.2, -0.15) is 0 Å². The monoisotopic (exact) mass is 243 g/mol. The zero-order chi connectivity index (χ0) is 12.1. The van der Waals surface area contributed by atoms with Crippen LogP contribution in [0.3, 0.4) is 0 Å². The number of phenols is 1. The van der Waals surface area contributed by atoms with Crippen molar-refractivity contribution < 1.29 is 9.84 Å². The summed E-state index contributed by atoms with van der Waals surface area (Å²) in [6.07, 6.45) is 0. The summed E-state index contributed by atoms with van der Waals surface area (Å²) in [7, 11) is 1.68. The lowest BCUT2D eigenvalue weighted by Crippen LogP contribution is -2.30. The van der Waals surface area contributed by atoms with Crippen LogP contribution in [0.25, 0.3) is 0 Å². The van der Waals surface area contributed by atoms with Gasteiger partial charge in [0, 0.05) is 12.8 Å². The molecule has 90 valence electrons. The third kappa shape index (κ3) is 3.58. The largest absolute Gasteiger partial charge is 0.506 e. The van der Waals surface area contributed by atoms with E-state index in [-0.39, 0.29) is 11.8 Å². The predicted octanol–water partition coefficient (Wildman–Crippen LogP) is 3.13. The molecule has 1 rings (SSSR count). The topological polar surface area (TPSA) is 41.5 Å². The van der Waals surface area contributed by atoms with Crippen LogP contribution < -0.4 is 5.32 Å². The van der Waals surface area contributed by atoms with Crippen LogP contribution in [0.1, 0.15) is 13.8 Å². The minimum atomic E-state index is 0.0973. The van der Waals surface area contributed by atoms with E-state index in [1.807, 2.05) is 0 Å². The molecule has 16 heavy (non-hydrogen) atoms. The van der Waals surface area contributed by atoms with Gasteiger partial charge in [-0.05, 0) is 24.1 Å². The van der Waals surface area contributed by atoms with Gasteiger partial charge in [0.05, 0.1) is 17.7 Å². The van der Waals surface area contributed by atoms with Crippen molar-refractivity contribution in [2.45, 2.75) is 19.9 Å². The maximum atomic E-state index is 9.31. The summed E-state index contributed by atoms with van der Waals surface area (Å²) in [6.45, 7) is 4.88. The maximum absolute atomic E-state index is 9.31. The number of benzene rings is 1. The molecule has 0 saturated heterocycles. The van der Waals surface area contributed by atoms with Crippen LogP contribution >= 0.6 is 11.6 Å². The van der Waals surface area contributed by atoms with Crippen molar-refractivity contribution in [1.82, 2.24) is 0 Å². The Hall–Kier alpha value is -0.930. The second kappa shape index (κ2) is 5.97. The van der Waals surface area contributed by atoms with Gasteiger partial charge in [-0.1, -0.05) is 25.4 Å². The molecule has 0 aromatic heterocycles. The fraction of sp³-hybridized carbons (Fsp3) is 0.500. The van der Waals surface area contributed by atoms with E-state index in [9.17, 15) is 5.11 Å². The number of rotatable bonds is 5. The van der Waals surface area contributed by atoms with E-state index in [1.165, 1.54) is 0 Å². The van der Waals surface area contributed by atoms with Crippen molar-refractivity contribution in [2.75, 3.05) is 19.0 Å². The Morgan fingerprint density at radius 3 is 2.62 bits per heavy atom. The van der Waals surface area contributed by atoms with E-state index in [4.69, 9.17) is 16.3 Å². The second-order valence-electron chi connectivity index (χ2n) is 4.12. The molecule has 0 aliphatic heterocycles. The number of methoxy groups -OCH3 is 1. The molecule has 1 aromatic rings. The zero-order valence-corrected chi connectivity index (χ0v) is 10.6. The summed E-state index contributed by atoms with van der Waals surface area (Å²) in [5.74, 6) is 0.549. The molecule has 0 bridgehead atoms. The van der Waals surface area contributed by atoms with Gasteiger partial charge in [-0.25, -0.2) is 0 Å². The molecule has 1 aromatic carbocycles. The Labute approximate surface area is 101 Å². The van der Waals surface area contributed by atoms with Gasteiger partial charge in [0.15, 0.2) is 0 Å². The van der Waals surface area contributed by atoms with Gasteiger partial charge in [-0.3, -0.25) is 0 Å². The number of halogens is 1. The Morgan fingerprint density at radius 2 is 2.12 bits per heavy atom. The molecule has 2 N–H and O–H groups in total. The lowest BCUT2D eigenvalue weighted by molar-refractivity contribution is 0.171. The maximum Gasteiger partial charge on any atom is 0.134 e. The molecule has 1 unspecified atom stereocenters. The number of ether oxygens (including phenoxy) is 1. The number of anilines is 1. The Bertz CT molecular complexity index is 342. The number of hydrogen-bond donors (Lipinski definition) is 2. The van der Waals surface area contributed by atoms with Crippen molar-refractivity contribution >= 4 is 17.3 Å². The van der Waals surface area contributed by atoms with Crippen LogP contribution in [-0.4, -0.2) is 24.9 Å². The summed E-state index contributed by atoms with van der Waals surface area (Å²) >= 11 is 5.83. The van der Waals surface area contributed by atoms with Crippen molar-refractivity contribution in [3.63, 3.8) is 0 Å². The van der Waals surface area contributed by atoms with Gasteiger partial charge < -0.3 is 15.2 Å². The van der Waals surface area contributed by atoms with Gasteiger partial charge in [0.25, 0.3) is 0 Å². The quantitative estimate of drug-likeness (QED) is 0.781. The van der Waals surface area contributed by atoms with Crippen molar-refractivity contribution in [3.8, 4) is 5.75 Å². The summed E-state index contributed by atoms with van der Waals surface area (Å²) in [5, 5.41) is 13.0. The molecule has 0 spiro atoms. The number of phenolic OH excluding ortho intramolecular Hbond substituents is 1. The first-order valence-corrected chi connectivity index (χ1v) is 5.66. The molecule has 0 fully saturated rings. The molecule has 0 heterocycles. The summed E-state index contributed by atoms with van der Waals surface area (Å²) in [5.41, 5.74) is 0.888. The number of hydrogen-bond acceptors (Lipinski definition) is 3. The van der Waals surface area contributed by atoms with Crippen molar-refractivity contribution in [3.05, 3.63) is 23.2 Å². The number of aromatic hydroxyl groups is 1. The highest BCUT2D eigenvalue weighted by Crippen LogP contribution is 2.26. The Balaban J connectivity index is 2.73. The lowest BCUT2D eigenvalue weighted by Gasteiger charge is -2.22. The smallest absolute Gasteiger partial charge is 0.134 e. The molecular weight excluding hydrogens is 226 g/mol. The van der Waals surface area contributed by atoms with E-state index in [0.29, 0.717) is 17.5 Å². The highest BCUT2D eigenvalue weighted by atomic mass is 35.5. The highest BCUT2D eigenvalue weighted by molar-refractivity contribution is 6.32. The molecule has 0 aliphatic carbocycles. The molecule has 0 radical (unpaired) electrons. The molecule has 0 saturated carbocycles.